The lowest BCUT2D eigenvalue weighted by Gasteiger charge is -2.19. The molecule has 3 heteroatoms. The van der Waals surface area contributed by atoms with Crippen LogP contribution in [0.4, 0.5) is 5.69 Å². The van der Waals surface area contributed by atoms with Gasteiger partial charge >= 0.3 is 0 Å². The largest absolute Gasteiger partial charge is 0.384 e. The molecule has 2 aromatic rings. The minimum Gasteiger partial charge on any atom is -0.384 e. The Hall–Kier alpha value is -1.09. The van der Waals surface area contributed by atoms with Gasteiger partial charge in [0.1, 0.15) is 0 Å². The average Bonchev–Trinajstić information content (AvgIpc) is 2.30. The van der Waals surface area contributed by atoms with Gasteiger partial charge in [0, 0.05) is 27.8 Å². The average molecular weight is 307 g/mol. The van der Waals surface area contributed by atoms with Gasteiger partial charge in [-0.15, -0.1) is 0 Å². The zero-order chi connectivity index (χ0) is 13.3. The maximum atomic E-state index is 4.75. The zero-order valence-corrected chi connectivity index (χ0v) is 12.9. The third kappa shape index (κ3) is 2.24. The highest BCUT2D eigenvalue weighted by molar-refractivity contribution is 9.10. The summed E-state index contributed by atoms with van der Waals surface area (Å²) < 4.78 is 1.05. The van der Waals surface area contributed by atoms with Crippen molar-refractivity contribution in [3.8, 4) is 0 Å². The molecule has 0 spiro atoms. The first-order valence-electron chi connectivity index (χ1n) is 6.38. The number of nitrogens with zero attached hydrogens (tertiary/aromatic N) is 1. The molecule has 0 fully saturated rings. The molecule has 0 saturated heterocycles. The number of halogens is 1. The topological polar surface area (TPSA) is 24.9 Å². The van der Waals surface area contributed by atoms with Gasteiger partial charge < -0.3 is 5.32 Å². The zero-order valence-electron chi connectivity index (χ0n) is 11.3. The highest BCUT2D eigenvalue weighted by atomic mass is 79.9. The van der Waals surface area contributed by atoms with Gasteiger partial charge in [-0.3, -0.25) is 4.98 Å². The van der Waals surface area contributed by atoms with Crippen molar-refractivity contribution in [2.45, 2.75) is 33.6 Å². The lowest BCUT2D eigenvalue weighted by molar-refractivity contribution is 0.848. The van der Waals surface area contributed by atoms with Crippen molar-refractivity contribution in [1.82, 2.24) is 4.98 Å². The first-order chi connectivity index (χ1) is 8.56. The molecule has 0 unspecified atom stereocenters. The molecule has 0 saturated carbocycles. The number of pyridine rings is 1. The molecule has 0 aliphatic heterocycles. The number of benzene rings is 1. The predicted octanol–water partition coefficient (Wildman–Crippen LogP) is 4.86. The second kappa shape index (κ2) is 5.27. The summed E-state index contributed by atoms with van der Waals surface area (Å²) in [6.45, 7) is 9.58. The van der Waals surface area contributed by atoms with Crippen LogP contribution in [0.2, 0.25) is 0 Å². The quantitative estimate of drug-likeness (QED) is 0.876. The molecule has 0 radical (unpaired) electrons. The highest BCUT2D eigenvalue weighted by Gasteiger charge is 2.15. The van der Waals surface area contributed by atoms with Gasteiger partial charge in [0.2, 0.25) is 0 Å². The van der Waals surface area contributed by atoms with E-state index in [0.717, 1.165) is 22.2 Å². The van der Waals surface area contributed by atoms with E-state index in [2.05, 4.69) is 61.1 Å². The Kier molecular flexibility index (Phi) is 3.91. The Balaban J connectivity index is 2.85. The van der Waals surface area contributed by atoms with Gasteiger partial charge in [-0.2, -0.15) is 0 Å². The van der Waals surface area contributed by atoms with E-state index in [1.807, 2.05) is 6.07 Å². The van der Waals surface area contributed by atoms with Crippen molar-refractivity contribution in [3.05, 3.63) is 33.9 Å². The van der Waals surface area contributed by atoms with Crippen LogP contribution in [-0.4, -0.2) is 11.5 Å². The van der Waals surface area contributed by atoms with Gasteiger partial charge in [0.25, 0.3) is 0 Å². The molecule has 0 aliphatic carbocycles. The molecular formula is C15H19BrN2. The number of anilines is 1. The maximum absolute atomic E-state index is 4.75. The number of fused-ring (bicyclic) bond motifs is 1. The Morgan fingerprint density at radius 1 is 1.33 bits per heavy atom. The van der Waals surface area contributed by atoms with Crippen LogP contribution in [-0.2, 0) is 0 Å². The molecule has 0 amide bonds. The number of hydrogen-bond acceptors (Lipinski definition) is 2. The number of rotatable bonds is 3. The van der Waals surface area contributed by atoms with Crippen LogP contribution in [0.1, 0.15) is 37.9 Å². The SMILES string of the molecule is CCNc1c(C(C)C)c(C)nc2c(Br)cccc12. The monoisotopic (exact) mass is 306 g/mol. The highest BCUT2D eigenvalue weighted by Crippen LogP contribution is 2.35. The van der Waals surface area contributed by atoms with Crippen molar-refractivity contribution < 1.29 is 0 Å². The van der Waals surface area contributed by atoms with Gasteiger partial charge in [0.15, 0.2) is 0 Å². The molecule has 1 aromatic carbocycles. The van der Waals surface area contributed by atoms with E-state index in [4.69, 9.17) is 4.98 Å². The number of nitrogens with one attached hydrogen (secondary N) is 1. The summed E-state index contributed by atoms with van der Waals surface area (Å²) in [5, 5.41) is 4.70. The fourth-order valence-electron chi connectivity index (χ4n) is 2.46. The van der Waals surface area contributed by atoms with E-state index in [0.29, 0.717) is 5.92 Å². The summed E-state index contributed by atoms with van der Waals surface area (Å²) in [6, 6.07) is 6.24. The van der Waals surface area contributed by atoms with E-state index in [1.165, 1.54) is 16.6 Å². The molecule has 1 aromatic heterocycles. The summed E-state index contributed by atoms with van der Waals surface area (Å²) in [5.41, 5.74) is 4.70. The predicted molar refractivity (Wildman–Crippen MR) is 82.4 cm³/mol. The van der Waals surface area contributed by atoms with Gasteiger partial charge in [-0.1, -0.05) is 26.0 Å². The summed E-state index contributed by atoms with van der Waals surface area (Å²) in [4.78, 5) is 4.75. The van der Waals surface area contributed by atoms with Crippen LogP contribution in [0.15, 0.2) is 22.7 Å². The Morgan fingerprint density at radius 3 is 2.67 bits per heavy atom. The standard InChI is InChI=1S/C15H19BrN2/c1-5-17-15-11-7-6-8-12(16)14(11)18-10(4)13(15)9(2)3/h6-9H,5H2,1-4H3,(H,17,18). The van der Waals surface area contributed by atoms with Crippen LogP contribution < -0.4 is 5.32 Å². The normalized spacial score (nSPS) is 11.2. The van der Waals surface area contributed by atoms with Crippen molar-refractivity contribution in [2.75, 3.05) is 11.9 Å². The van der Waals surface area contributed by atoms with Gasteiger partial charge in [-0.05, 0) is 47.3 Å². The summed E-state index contributed by atoms with van der Waals surface area (Å²) in [6.07, 6.45) is 0. The van der Waals surface area contributed by atoms with Crippen molar-refractivity contribution in [2.24, 2.45) is 0 Å². The van der Waals surface area contributed by atoms with E-state index in [9.17, 15) is 0 Å². The summed E-state index contributed by atoms with van der Waals surface area (Å²) in [5.74, 6) is 0.468. The van der Waals surface area contributed by atoms with Crippen LogP contribution in [0.5, 0.6) is 0 Å². The molecule has 2 rings (SSSR count). The second-order valence-corrected chi connectivity index (χ2v) is 5.66. The van der Waals surface area contributed by atoms with E-state index in [1.54, 1.807) is 0 Å². The third-order valence-electron chi connectivity index (χ3n) is 3.13. The molecule has 18 heavy (non-hydrogen) atoms. The molecule has 0 bridgehead atoms. The van der Waals surface area contributed by atoms with Crippen molar-refractivity contribution in [1.29, 1.82) is 0 Å². The molecule has 1 N–H and O–H groups in total. The second-order valence-electron chi connectivity index (χ2n) is 4.81. The number of hydrogen-bond donors (Lipinski definition) is 1. The molecule has 2 nitrogen and oxygen atoms in total. The molecule has 96 valence electrons. The molecule has 0 atom stereocenters. The van der Waals surface area contributed by atoms with Crippen LogP contribution in [0.25, 0.3) is 10.9 Å². The fourth-order valence-corrected chi connectivity index (χ4v) is 2.91. The fraction of sp³-hybridized carbons (Fsp3) is 0.400. The van der Waals surface area contributed by atoms with Gasteiger partial charge in [0.05, 0.1) is 5.52 Å². The number of para-hydroxylation sites is 1. The van der Waals surface area contributed by atoms with Crippen molar-refractivity contribution in [3.63, 3.8) is 0 Å². The van der Waals surface area contributed by atoms with E-state index in [-0.39, 0.29) is 0 Å². The maximum Gasteiger partial charge on any atom is 0.0868 e. The van der Waals surface area contributed by atoms with E-state index >= 15 is 0 Å². The Morgan fingerprint density at radius 2 is 2.06 bits per heavy atom. The lowest BCUT2D eigenvalue weighted by atomic mass is 9.96. The van der Waals surface area contributed by atoms with Crippen LogP contribution >= 0.6 is 15.9 Å². The Bertz CT molecular complexity index is 576. The third-order valence-corrected chi connectivity index (χ3v) is 3.77. The molecular weight excluding hydrogens is 288 g/mol. The van der Waals surface area contributed by atoms with Gasteiger partial charge in [-0.25, -0.2) is 0 Å². The van der Waals surface area contributed by atoms with E-state index < -0.39 is 0 Å². The van der Waals surface area contributed by atoms with Crippen LogP contribution in [0, 0.1) is 6.92 Å². The first-order valence-corrected chi connectivity index (χ1v) is 7.18. The first kappa shape index (κ1) is 13.3. The van der Waals surface area contributed by atoms with Crippen molar-refractivity contribution >= 4 is 32.5 Å². The summed E-state index contributed by atoms with van der Waals surface area (Å²) >= 11 is 3.59. The lowest BCUT2D eigenvalue weighted by Crippen LogP contribution is -2.07. The molecule has 0 aliphatic rings. The number of aromatic nitrogens is 1. The Labute approximate surface area is 117 Å². The molecule has 1 heterocycles. The minimum atomic E-state index is 0.468. The smallest absolute Gasteiger partial charge is 0.0868 e. The van der Waals surface area contributed by atoms with Crippen LogP contribution in [0.3, 0.4) is 0 Å². The summed E-state index contributed by atoms with van der Waals surface area (Å²) in [7, 11) is 0. The number of aryl methyl sites for hydroxylation is 1. The minimum absolute atomic E-state index is 0.468.